The molecule has 2 rings (SSSR count). The molecule has 0 aromatic heterocycles. The smallest absolute Gasteiger partial charge is 0.0636 e. The molecule has 0 N–H and O–H groups in total. The van der Waals surface area contributed by atoms with E-state index in [0.717, 1.165) is 35.6 Å². The second kappa shape index (κ2) is 14.4. The summed E-state index contributed by atoms with van der Waals surface area (Å²) >= 11 is 0. The largest absolute Gasteiger partial charge is 0.252 e. The molecule has 2 nitrogen and oxygen atoms in total. The van der Waals surface area contributed by atoms with E-state index in [2.05, 4.69) is 77.9 Å². The SMILES string of the molecule is CCCCCCCCC(=N\c1ccc(C)c(C)c1)/C(CC)=N/c1ccc(C)c(C)c1.[Ni]. The monoisotopic (exact) mass is 462 g/mol. The number of hydrogen-bond acceptors (Lipinski definition) is 2. The Bertz CT molecular complexity index is 881. The third-order valence-corrected chi connectivity index (χ3v) is 5.94. The van der Waals surface area contributed by atoms with Gasteiger partial charge in [0.2, 0.25) is 0 Å². The van der Waals surface area contributed by atoms with Gasteiger partial charge in [-0.1, -0.05) is 58.1 Å². The molecule has 2 aromatic rings. The molecule has 0 fully saturated rings. The van der Waals surface area contributed by atoms with Gasteiger partial charge in [-0.2, -0.15) is 0 Å². The van der Waals surface area contributed by atoms with Crippen LogP contribution in [0.25, 0.3) is 0 Å². The van der Waals surface area contributed by atoms with E-state index in [4.69, 9.17) is 9.98 Å². The second-order valence-electron chi connectivity index (χ2n) is 8.53. The quantitative estimate of drug-likeness (QED) is 0.181. The van der Waals surface area contributed by atoms with Crippen molar-refractivity contribution in [2.24, 2.45) is 9.98 Å². The summed E-state index contributed by atoms with van der Waals surface area (Å²) in [6.45, 7) is 13.1. The first-order valence-corrected chi connectivity index (χ1v) is 11.7. The molecule has 0 aliphatic heterocycles. The Morgan fingerprint density at radius 2 is 1.10 bits per heavy atom. The Morgan fingerprint density at radius 1 is 0.613 bits per heavy atom. The van der Waals surface area contributed by atoms with Gasteiger partial charge in [-0.15, -0.1) is 0 Å². The van der Waals surface area contributed by atoms with Crippen LogP contribution in [-0.2, 0) is 16.5 Å². The van der Waals surface area contributed by atoms with Crippen LogP contribution in [0.1, 0.15) is 87.5 Å². The van der Waals surface area contributed by atoms with E-state index >= 15 is 0 Å². The van der Waals surface area contributed by atoms with Crippen molar-refractivity contribution in [1.29, 1.82) is 0 Å². The number of benzene rings is 2. The summed E-state index contributed by atoms with van der Waals surface area (Å²) in [5.41, 5.74) is 9.54. The minimum atomic E-state index is 0. The van der Waals surface area contributed by atoms with Gasteiger partial charge in [0.25, 0.3) is 0 Å². The first-order chi connectivity index (χ1) is 14.4. The third-order valence-electron chi connectivity index (χ3n) is 5.94. The van der Waals surface area contributed by atoms with Crippen molar-refractivity contribution in [1.82, 2.24) is 0 Å². The van der Waals surface area contributed by atoms with Crippen LogP contribution in [0.2, 0.25) is 0 Å². The molecule has 0 heterocycles. The number of unbranched alkanes of at least 4 members (excludes halogenated alkanes) is 5. The molecule has 0 bridgehead atoms. The fourth-order valence-corrected chi connectivity index (χ4v) is 3.59. The molecule has 0 spiro atoms. The van der Waals surface area contributed by atoms with Gasteiger partial charge in [0.15, 0.2) is 0 Å². The average Bonchev–Trinajstić information content (AvgIpc) is 2.73. The van der Waals surface area contributed by atoms with E-state index in [1.807, 2.05) is 0 Å². The topological polar surface area (TPSA) is 24.7 Å². The Morgan fingerprint density at radius 3 is 1.58 bits per heavy atom. The zero-order valence-corrected chi connectivity index (χ0v) is 21.3. The summed E-state index contributed by atoms with van der Waals surface area (Å²) in [4.78, 5) is 10.1. The van der Waals surface area contributed by atoms with E-state index in [1.165, 1.54) is 60.8 Å². The molecule has 0 saturated heterocycles. The third kappa shape index (κ3) is 9.11. The number of nitrogens with zero attached hydrogens (tertiary/aromatic N) is 2. The average molecular weight is 463 g/mol. The first kappa shape index (κ1) is 27.3. The molecule has 0 amide bonds. The van der Waals surface area contributed by atoms with Crippen molar-refractivity contribution >= 4 is 22.8 Å². The Hall–Kier alpha value is -1.73. The zero-order valence-electron chi connectivity index (χ0n) is 20.3. The maximum atomic E-state index is 5.09. The van der Waals surface area contributed by atoms with Crippen LogP contribution in [0.5, 0.6) is 0 Å². The van der Waals surface area contributed by atoms with Gasteiger partial charge >= 0.3 is 0 Å². The maximum absolute atomic E-state index is 5.09. The minimum absolute atomic E-state index is 0. The fourth-order valence-electron chi connectivity index (χ4n) is 3.59. The van der Waals surface area contributed by atoms with E-state index in [0.29, 0.717) is 0 Å². The number of aliphatic imine (C=N–C) groups is 2. The molecule has 172 valence electrons. The Balaban J connectivity index is 0.00000480. The first-order valence-electron chi connectivity index (χ1n) is 11.7. The Labute approximate surface area is 200 Å². The van der Waals surface area contributed by atoms with Crippen molar-refractivity contribution in [3.8, 4) is 0 Å². The predicted octanol–water partition coefficient (Wildman–Crippen LogP) is 8.92. The molecule has 3 heteroatoms. The van der Waals surface area contributed by atoms with E-state index in [1.54, 1.807) is 0 Å². The van der Waals surface area contributed by atoms with E-state index in [-0.39, 0.29) is 16.5 Å². The molecule has 0 saturated carbocycles. The van der Waals surface area contributed by atoms with Gasteiger partial charge in [-0.05, 0) is 93.5 Å². The molecule has 0 aliphatic rings. The van der Waals surface area contributed by atoms with Crippen LogP contribution in [0.15, 0.2) is 46.4 Å². The van der Waals surface area contributed by atoms with E-state index < -0.39 is 0 Å². The van der Waals surface area contributed by atoms with E-state index in [9.17, 15) is 0 Å². The van der Waals surface area contributed by atoms with Crippen molar-refractivity contribution in [2.45, 2.75) is 92.9 Å². The summed E-state index contributed by atoms with van der Waals surface area (Å²) in [5.74, 6) is 0. The fraction of sp³-hybridized carbons (Fsp3) is 0.500. The summed E-state index contributed by atoms with van der Waals surface area (Å²) in [5, 5.41) is 0. The summed E-state index contributed by atoms with van der Waals surface area (Å²) in [7, 11) is 0. The van der Waals surface area contributed by atoms with Gasteiger partial charge in [-0.25, -0.2) is 0 Å². The summed E-state index contributed by atoms with van der Waals surface area (Å²) < 4.78 is 0. The van der Waals surface area contributed by atoms with Crippen molar-refractivity contribution in [3.63, 3.8) is 0 Å². The standard InChI is InChI=1S/C28H40N2.Ni/c1-7-9-10-11-12-13-14-28(30-26-18-16-22(4)24(6)20-26)27(8-2)29-25-17-15-21(3)23(5)19-25;/h15-20H,7-14H2,1-6H3;/b29-27+,30-28+;. The van der Waals surface area contributed by atoms with Gasteiger partial charge in [-0.3, -0.25) is 9.98 Å². The number of hydrogen-bond donors (Lipinski definition) is 0. The molecule has 0 atom stereocenters. The molecule has 0 aliphatic carbocycles. The van der Waals surface area contributed by atoms with Gasteiger partial charge in [0.1, 0.15) is 0 Å². The van der Waals surface area contributed by atoms with Crippen LogP contribution in [0.3, 0.4) is 0 Å². The molecule has 0 radical (unpaired) electrons. The van der Waals surface area contributed by atoms with Crippen LogP contribution >= 0.6 is 0 Å². The van der Waals surface area contributed by atoms with Crippen LogP contribution in [0, 0.1) is 27.7 Å². The van der Waals surface area contributed by atoms with Gasteiger partial charge in [0.05, 0.1) is 22.8 Å². The van der Waals surface area contributed by atoms with Gasteiger partial charge < -0.3 is 0 Å². The van der Waals surface area contributed by atoms with Crippen molar-refractivity contribution < 1.29 is 16.5 Å². The molecular formula is C28H40N2Ni. The Kier molecular flexibility index (Phi) is 12.6. The van der Waals surface area contributed by atoms with Crippen molar-refractivity contribution in [3.05, 3.63) is 58.7 Å². The van der Waals surface area contributed by atoms with Crippen LogP contribution in [0.4, 0.5) is 11.4 Å². The second-order valence-corrected chi connectivity index (χ2v) is 8.53. The zero-order chi connectivity index (χ0) is 21.9. The van der Waals surface area contributed by atoms with Crippen LogP contribution < -0.4 is 0 Å². The van der Waals surface area contributed by atoms with Gasteiger partial charge in [0, 0.05) is 16.5 Å². The molecular weight excluding hydrogens is 423 g/mol. The van der Waals surface area contributed by atoms with Crippen molar-refractivity contribution in [2.75, 3.05) is 0 Å². The molecule has 31 heavy (non-hydrogen) atoms. The summed E-state index contributed by atoms with van der Waals surface area (Å²) in [6, 6.07) is 13.0. The minimum Gasteiger partial charge on any atom is -0.252 e. The number of aryl methyl sites for hydroxylation is 4. The van der Waals surface area contributed by atoms with Crippen LogP contribution in [-0.4, -0.2) is 11.4 Å². The maximum Gasteiger partial charge on any atom is 0.0636 e. The predicted molar refractivity (Wildman–Crippen MR) is 134 cm³/mol. The molecule has 2 aromatic carbocycles. The molecule has 0 unspecified atom stereocenters. The summed E-state index contributed by atoms with van der Waals surface area (Å²) in [6.07, 6.45) is 9.65. The normalized spacial score (nSPS) is 12.1. The number of rotatable bonds is 11.